The number of benzene rings is 2. The van der Waals surface area contributed by atoms with Crippen molar-refractivity contribution >= 4 is 17.4 Å². The minimum absolute atomic E-state index is 0.299. The lowest BCUT2D eigenvalue weighted by atomic mass is 10.1. The van der Waals surface area contributed by atoms with E-state index in [1.54, 1.807) is 18.2 Å². The van der Waals surface area contributed by atoms with Crippen molar-refractivity contribution in [3.05, 3.63) is 60.2 Å². The Kier molecular flexibility index (Phi) is 5.79. The summed E-state index contributed by atoms with van der Waals surface area (Å²) in [5, 5.41) is 11.6. The number of hydrogen-bond acceptors (Lipinski definition) is 6. The molecule has 1 N–H and O–H groups in total. The Labute approximate surface area is 175 Å². The Morgan fingerprint density at radius 3 is 2.13 bits per heavy atom. The van der Waals surface area contributed by atoms with Crippen LogP contribution in [0.5, 0.6) is 11.5 Å². The zero-order valence-electron chi connectivity index (χ0n) is 17.1. The van der Waals surface area contributed by atoms with Crippen LogP contribution in [0.4, 0.5) is 11.5 Å². The maximum atomic E-state index is 12.8. The van der Waals surface area contributed by atoms with Gasteiger partial charge in [0, 0.05) is 24.3 Å². The maximum absolute atomic E-state index is 12.8. The van der Waals surface area contributed by atoms with Gasteiger partial charge in [0.25, 0.3) is 5.91 Å². The summed E-state index contributed by atoms with van der Waals surface area (Å²) in [4.78, 5) is 15.0. The summed E-state index contributed by atoms with van der Waals surface area (Å²) in [5.74, 6) is 1.53. The zero-order chi connectivity index (χ0) is 20.9. The molecule has 154 valence electrons. The third kappa shape index (κ3) is 4.05. The monoisotopic (exact) mass is 404 g/mol. The van der Waals surface area contributed by atoms with E-state index < -0.39 is 0 Å². The summed E-state index contributed by atoms with van der Waals surface area (Å²) >= 11 is 0. The summed E-state index contributed by atoms with van der Waals surface area (Å²) in [6, 6.07) is 16.7. The highest BCUT2D eigenvalue weighted by Gasteiger charge is 2.18. The Bertz CT molecular complexity index is 991. The molecule has 4 rings (SSSR count). The molecule has 0 saturated carbocycles. The predicted octanol–water partition coefficient (Wildman–Crippen LogP) is 4.01. The number of nitrogens with one attached hydrogen (secondary N) is 1. The van der Waals surface area contributed by atoms with Crippen molar-refractivity contribution in [2.45, 2.75) is 12.8 Å². The minimum Gasteiger partial charge on any atom is -0.496 e. The van der Waals surface area contributed by atoms with Gasteiger partial charge in [-0.3, -0.25) is 4.79 Å². The Morgan fingerprint density at radius 1 is 0.900 bits per heavy atom. The summed E-state index contributed by atoms with van der Waals surface area (Å²) in [7, 11) is 3.05. The standard InChI is InChI=1S/C23H24N4O3/c1-29-19-6-5-7-20(30-2)22(19)23(28)24-17-10-8-16(9-11-17)18-12-13-21(26-25-18)27-14-3-4-15-27/h5-13H,3-4,14-15H2,1-2H3,(H,24,28). The lowest BCUT2D eigenvalue weighted by Crippen LogP contribution is -2.19. The number of carbonyl (C=O) groups excluding carboxylic acids is 1. The van der Waals surface area contributed by atoms with Crippen molar-refractivity contribution in [3.8, 4) is 22.8 Å². The van der Waals surface area contributed by atoms with Crippen molar-refractivity contribution in [2.24, 2.45) is 0 Å². The van der Waals surface area contributed by atoms with Crippen LogP contribution in [0.2, 0.25) is 0 Å². The van der Waals surface area contributed by atoms with E-state index in [-0.39, 0.29) is 5.91 Å². The summed E-state index contributed by atoms with van der Waals surface area (Å²) in [6.07, 6.45) is 2.41. The van der Waals surface area contributed by atoms with Gasteiger partial charge in [-0.25, -0.2) is 0 Å². The molecule has 0 spiro atoms. The van der Waals surface area contributed by atoms with E-state index in [1.165, 1.54) is 27.1 Å². The van der Waals surface area contributed by atoms with Crippen molar-refractivity contribution in [1.82, 2.24) is 10.2 Å². The number of ether oxygens (including phenoxy) is 2. The predicted molar refractivity (Wildman–Crippen MR) is 116 cm³/mol. The zero-order valence-corrected chi connectivity index (χ0v) is 17.1. The first kappa shape index (κ1) is 19.7. The molecule has 30 heavy (non-hydrogen) atoms. The van der Waals surface area contributed by atoms with Crippen LogP contribution in [0.1, 0.15) is 23.2 Å². The van der Waals surface area contributed by atoms with Crippen LogP contribution in [-0.2, 0) is 0 Å². The molecule has 1 saturated heterocycles. The first-order chi connectivity index (χ1) is 14.7. The average molecular weight is 404 g/mol. The lowest BCUT2D eigenvalue weighted by Gasteiger charge is -2.15. The number of hydrogen-bond donors (Lipinski definition) is 1. The third-order valence-electron chi connectivity index (χ3n) is 5.17. The molecule has 7 nitrogen and oxygen atoms in total. The second-order valence-corrected chi connectivity index (χ2v) is 7.04. The molecule has 1 aliphatic heterocycles. The molecule has 0 aliphatic carbocycles. The van der Waals surface area contributed by atoms with Gasteiger partial charge in [0.2, 0.25) is 0 Å². The first-order valence-corrected chi connectivity index (χ1v) is 9.91. The highest BCUT2D eigenvalue weighted by molar-refractivity contribution is 6.08. The highest BCUT2D eigenvalue weighted by Crippen LogP contribution is 2.29. The van der Waals surface area contributed by atoms with E-state index in [4.69, 9.17) is 9.47 Å². The fraction of sp³-hybridized carbons (Fsp3) is 0.261. The van der Waals surface area contributed by atoms with Gasteiger partial charge in [-0.1, -0.05) is 18.2 Å². The topological polar surface area (TPSA) is 76.6 Å². The van der Waals surface area contributed by atoms with Gasteiger partial charge in [0.05, 0.1) is 19.9 Å². The molecular weight excluding hydrogens is 380 g/mol. The number of carbonyl (C=O) groups is 1. The van der Waals surface area contributed by atoms with Crippen molar-refractivity contribution in [1.29, 1.82) is 0 Å². The number of anilines is 2. The Morgan fingerprint density at radius 2 is 1.57 bits per heavy atom. The number of methoxy groups -OCH3 is 2. The molecule has 0 atom stereocenters. The fourth-order valence-electron chi connectivity index (χ4n) is 3.59. The van der Waals surface area contributed by atoms with Crippen LogP contribution in [-0.4, -0.2) is 43.4 Å². The van der Waals surface area contributed by atoms with Crippen molar-refractivity contribution in [3.63, 3.8) is 0 Å². The van der Waals surface area contributed by atoms with E-state index in [0.29, 0.717) is 22.7 Å². The largest absolute Gasteiger partial charge is 0.496 e. The second-order valence-electron chi connectivity index (χ2n) is 7.04. The van der Waals surface area contributed by atoms with Crippen molar-refractivity contribution in [2.75, 3.05) is 37.5 Å². The summed E-state index contributed by atoms with van der Waals surface area (Å²) < 4.78 is 10.6. The van der Waals surface area contributed by atoms with E-state index in [1.807, 2.05) is 36.4 Å². The maximum Gasteiger partial charge on any atom is 0.263 e. The molecule has 0 unspecified atom stereocenters. The molecule has 2 aromatic carbocycles. The molecule has 0 bridgehead atoms. The average Bonchev–Trinajstić information content (AvgIpc) is 3.34. The molecular formula is C23H24N4O3. The van der Waals surface area contributed by atoms with Crippen LogP contribution in [0, 0.1) is 0 Å². The van der Waals surface area contributed by atoms with Crippen LogP contribution >= 0.6 is 0 Å². The molecule has 1 fully saturated rings. The van der Waals surface area contributed by atoms with Gasteiger partial charge in [-0.05, 0) is 49.2 Å². The molecule has 2 heterocycles. The van der Waals surface area contributed by atoms with Gasteiger partial charge in [0.1, 0.15) is 17.1 Å². The highest BCUT2D eigenvalue weighted by atomic mass is 16.5. The number of rotatable bonds is 6. The van der Waals surface area contributed by atoms with Crippen LogP contribution in [0.25, 0.3) is 11.3 Å². The van der Waals surface area contributed by atoms with Gasteiger partial charge < -0.3 is 19.7 Å². The lowest BCUT2D eigenvalue weighted by molar-refractivity contribution is 0.102. The molecule has 1 aliphatic rings. The van der Waals surface area contributed by atoms with Crippen LogP contribution in [0.3, 0.4) is 0 Å². The molecule has 1 aromatic heterocycles. The molecule has 0 radical (unpaired) electrons. The number of amides is 1. The van der Waals surface area contributed by atoms with E-state index in [9.17, 15) is 4.79 Å². The van der Waals surface area contributed by atoms with Gasteiger partial charge >= 0.3 is 0 Å². The Hall–Kier alpha value is -3.61. The number of aromatic nitrogens is 2. The molecule has 7 heteroatoms. The summed E-state index contributed by atoms with van der Waals surface area (Å²) in [6.45, 7) is 2.08. The molecule has 1 amide bonds. The minimum atomic E-state index is -0.299. The van der Waals surface area contributed by atoms with E-state index >= 15 is 0 Å². The fourth-order valence-corrected chi connectivity index (χ4v) is 3.59. The first-order valence-electron chi connectivity index (χ1n) is 9.91. The smallest absolute Gasteiger partial charge is 0.263 e. The van der Waals surface area contributed by atoms with Crippen molar-refractivity contribution < 1.29 is 14.3 Å². The van der Waals surface area contributed by atoms with E-state index in [2.05, 4.69) is 20.4 Å². The quantitative estimate of drug-likeness (QED) is 0.669. The molecule has 3 aromatic rings. The SMILES string of the molecule is COc1cccc(OC)c1C(=O)Nc1ccc(-c2ccc(N3CCCC3)nn2)cc1. The Balaban J connectivity index is 1.48. The second kappa shape index (κ2) is 8.82. The third-order valence-corrected chi connectivity index (χ3v) is 5.17. The van der Waals surface area contributed by atoms with Gasteiger partial charge in [-0.15, -0.1) is 10.2 Å². The number of nitrogens with zero attached hydrogens (tertiary/aromatic N) is 3. The van der Waals surface area contributed by atoms with Gasteiger partial charge in [0.15, 0.2) is 5.82 Å². The van der Waals surface area contributed by atoms with Crippen LogP contribution < -0.4 is 19.7 Å². The van der Waals surface area contributed by atoms with Crippen LogP contribution in [0.15, 0.2) is 54.6 Å². The van der Waals surface area contributed by atoms with Gasteiger partial charge in [-0.2, -0.15) is 0 Å². The van der Waals surface area contributed by atoms with E-state index in [0.717, 1.165) is 30.2 Å². The normalized spacial score (nSPS) is 13.2. The summed E-state index contributed by atoms with van der Waals surface area (Å²) in [5.41, 5.74) is 2.75.